The summed E-state index contributed by atoms with van der Waals surface area (Å²) in [5.74, 6) is 0. The third kappa shape index (κ3) is 4.74. The molecule has 0 aliphatic carbocycles. The van der Waals surface area contributed by atoms with Crippen molar-refractivity contribution in [3.05, 3.63) is 5.17 Å². The fourth-order valence-electron chi connectivity index (χ4n) is 0.181. The van der Waals surface area contributed by atoms with E-state index in [0.29, 0.717) is 0 Å². The fourth-order valence-corrected chi connectivity index (χ4v) is 0.804. The Morgan fingerprint density at radius 1 is 1.38 bits per heavy atom. The van der Waals surface area contributed by atoms with E-state index < -0.39 is 0 Å². The van der Waals surface area contributed by atoms with E-state index in [9.17, 15) is 0 Å². The molecular weight excluding hydrogens is 445 g/mol. The van der Waals surface area contributed by atoms with Gasteiger partial charge in [-0.15, -0.1) is 0 Å². The molecule has 0 amide bonds. The molecule has 0 aliphatic rings. The summed E-state index contributed by atoms with van der Waals surface area (Å²) in [5, 5.41) is 0. The molecule has 0 aliphatic heterocycles. The molecule has 0 bridgehead atoms. The topological polar surface area (TPSA) is 9.23 Å². The first-order valence-corrected chi connectivity index (χ1v) is 5.10. The minimum absolute atomic E-state index is 0.738. The van der Waals surface area contributed by atoms with Gasteiger partial charge in [0, 0.05) is 10.7 Å². The van der Waals surface area contributed by atoms with Crippen LogP contribution in [0.5, 0.6) is 0 Å². The number of hydrogen-bond donors (Lipinski definition) is 0. The Kier molecular flexibility index (Phi) is 6.99. The van der Waals surface area contributed by atoms with Crippen molar-refractivity contribution in [2.24, 2.45) is 0 Å². The lowest BCUT2D eigenvalue weighted by molar-refractivity contribution is 0.233. The van der Waals surface area contributed by atoms with Crippen LogP contribution in [0.1, 0.15) is 0 Å². The van der Waals surface area contributed by atoms with Crippen molar-refractivity contribution in [3.63, 3.8) is 0 Å². The molecule has 0 heterocycles. The average Bonchev–Trinajstić information content (AvgIpc) is 1.67. The molecule has 0 N–H and O–H groups in total. The van der Waals surface area contributed by atoms with E-state index in [1.807, 2.05) is 0 Å². The van der Waals surface area contributed by atoms with E-state index in [-0.39, 0.29) is 0 Å². The summed E-state index contributed by atoms with van der Waals surface area (Å²) in [7, 11) is 1.70. The number of ether oxygens (including phenoxy) is 1. The van der Waals surface area contributed by atoms with Gasteiger partial charge in [-0.1, -0.05) is 0 Å². The Balaban J connectivity index is 3.62. The molecule has 0 aromatic heterocycles. The van der Waals surface area contributed by atoms with Gasteiger partial charge in [-0.2, -0.15) is 0 Å². The molecular formula is C4H5I3O. The molecule has 48 valence electrons. The number of halogens is 3. The molecule has 0 saturated heterocycles. The maximum absolute atomic E-state index is 4.89. The second-order valence-electron chi connectivity index (χ2n) is 1.10. The van der Waals surface area contributed by atoms with Crippen LogP contribution in [0.25, 0.3) is 0 Å². The van der Waals surface area contributed by atoms with Gasteiger partial charge in [0.2, 0.25) is 0 Å². The van der Waals surface area contributed by atoms with E-state index in [1.165, 1.54) is 5.17 Å². The third-order valence-electron chi connectivity index (χ3n) is 0.476. The monoisotopic (exact) mass is 450 g/mol. The van der Waals surface area contributed by atoms with Crippen LogP contribution in [0.2, 0.25) is 0 Å². The summed E-state index contributed by atoms with van der Waals surface area (Å²) < 4.78 is 7.44. The maximum Gasteiger partial charge on any atom is 0.0785 e. The lowest BCUT2D eigenvalue weighted by atomic mass is 10.7. The van der Waals surface area contributed by atoms with Crippen molar-refractivity contribution >= 4 is 67.8 Å². The van der Waals surface area contributed by atoms with Crippen LogP contribution in [0.4, 0.5) is 0 Å². The summed E-state index contributed by atoms with van der Waals surface area (Å²) in [6, 6.07) is 0. The van der Waals surface area contributed by atoms with Crippen molar-refractivity contribution < 1.29 is 4.74 Å². The van der Waals surface area contributed by atoms with Gasteiger partial charge < -0.3 is 4.74 Å². The van der Waals surface area contributed by atoms with Crippen LogP contribution in [-0.4, -0.2) is 13.7 Å². The molecule has 0 aromatic carbocycles. The van der Waals surface area contributed by atoms with Gasteiger partial charge in [-0.3, -0.25) is 0 Å². The fraction of sp³-hybridized carbons (Fsp3) is 0.500. The first-order chi connectivity index (χ1) is 3.68. The summed E-state index contributed by atoms with van der Waals surface area (Å²) in [6.45, 7) is 0.738. The molecule has 0 saturated carbocycles. The predicted octanol–water partition coefficient (Wildman–Crippen LogP) is 3.11. The highest BCUT2D eigenvalue weighted by Crippen LogP contribution is 2.24. The van der Waals surface area contributed by atoms with Gasteiger partial charge >= 0.3 is 0 Å². The predicted molar refractivity (Wildman–Crippen MR) is 61.0 cm³/mol. The average molecular weight is 450 g/mol. The Bertz CT molecular complexity index is 95.5. The highest BCUT2D eigenvalue weighted by Gasteiger charge is 1.93. The van der Waals surface area contributed by atoms with Crippen LogP contribution in [-0.2, 0) is 4.74 Å². The van der Waals surface area contributed by atoms with Gasteiger partial charge in [0.1, 0.15) is 0 Å². The van der Waals surface area contributed by atoms with Crippen molar-refractivity contribution in [3.8, 4) is 0 Å². The van der Waals surface area contributed by atoms with Crippen LogP contribution in [0, 0.1) is 0 Å². The molecule has 0 atom stereocenters. The molecule has 1 nitrogen and oxygen atoms in total. The highest BCUT2D eigenvalue weighted by molar-refractivity contribution is 14.2. The van der Waals surface area contributed by atoms with Crippen molar-refractivity contribution in [2.75, 3.05) is 13.7 Å². The molecule has 0 radical (unpaired) electrons. The van der Waals surface area contributed by atoms with Gasteiger partial charge in [-0.25, -0.2) is 0 Å². The second-order valence-corrected chi connectivity index (χ2v) is 6.62. The molecule has 0 unspecified atom stereocenters. The van der Waals surface area contributed by atoms with E-state index >= 15 is 0 Å². The first kappa shape index (κ1) is 9.89. The summed E-state index contributed by atoms with van der Waals surface area (Å²) in [5.41, 5.74) is 0. The molecule has 0 aromatic rings. The molecule has 0 rings (SSSR count). The first-order valence-electron chi connectivity index (χ1n) is 1.87. The highest BCUT2D eigenvalue weighted by atomic mass is 127. The van der Waals surface area contributed by atoms with Crippen LogP contribution < -0.4 is 0 Å². The van der Waals surface area contributed by atoms with Gasteiger partial charge in [0.15, 0.2) is 0 Å². The second kappa shape index (κ2) is 5.66. The summed E-state index contributed by atoms with van der Waals surface area (Å²) >= 11 is 6.81. The molecule has 0 fully saturated rings. The molecule has 0 spiro atoms. The number of methoxy groups -OCH3 is 1. The standard InChI is InChI=1S/C4H5I3O/c1-8-2-3(5)4(6)7/h2H2,1H3. The normalized spacial score (nSPS) is 9.00. The zero-order valence-electron chi connectivity index (χ0n) is 4.25. The lowest BCUT2D eigenvalue weighted by Gasteiger charge is -1.94. The number of hydrogen-bond acceptors (Lipinski definition) is 1. The van der Waals surface area contributed by atoms with E-state index in [1.54, 1.807) is 7.11 Å². The Morgan fingerprint density at radius 2 is 1.88 bits per heavy atom. The van der Waals surface area contributed by atoms with E-state index in [2.05, 4.69) is 67.8 Å². The quantitative estimate of drug-likeness (QED) is 0.589. The van der Waals surface area contributed by atoms with Gasteiger partial charge in [0.05, 0.1) is 8.19 Å². The van der Waals surface area contributed by atoms with Crippen LogP contribution in [0.15, 0.2) is 5.17 Å². The molecule has 4 heteroatoms. The zero-order chi connectivity index (χ0) is 6.57. The van der Waals surface area contributed by atoms with Gasteiger partial charge in [-0.05, 0) is 67.8 Å². The van der Waals surface area contributed by atoms with Crippen LogP contribution >= 0.6 is 67.8 Å². The lowest BCUT2D eigenvalue weighted by Crippen LogP contribution is -1.85. The smallest absolute Gasteiger partial charge is 0.0785 e. The van der Waals surface area contributed by atoms with Crippen LogP contribution in [0.3, 0.4) is 0 Å². The van der Waals surface area contributed by atoms with Crippen molar-refractivity contribution in [1.82, 2.24) is 0 Å². The maximum atomic E-state index is 4.89. The third-order valence-corrected chi connectivity index (χ3v) is 4.69. The van der Waals surface area contributed by atoms with Crippen molar-refractivity contribution in [1.29, 1.82) is 0 Å². The number of rotatable bonds is 2. The molecule has 8 heavy (non-hydrogen) atoms. The SMILES string of the molecule is COCC(I)=C(I)I. The summed E-state index contributed by atoms with van der Waals surface area (Å²) in [4.78, 5) is 0. The zero-order valence-corrected chi connectivity index (χ0v) is 10.7. The Morgan fingerprint density at radius 3 is 2.00 bits per heavy atom. The van der Waals surface area contributed by atoms with Gasteiger partial charge in [0.25, 0.3) is 0 Å². The Labute approximate surface area is 90.0 Å². The van der Waals surface area contributed by atoms with Crippen molar-refractivity contribution in [2.45, 2.75) is 0 Å². The van der Waals surface area contributed by atoms with E-state index in [4.69, 9.17) is 4.74 Å². The minimum atomic E-state index is 0.738. The minimum Gasteiger partial charge on any atom is -0.379 e. The Hall–Kier alpha value is 1.89. The largest absolute Gasteiger partial charge is 0.379 e. The summed E-state index contributed by atoms with van der Waals surface area (Å²) in [6.07, 6.45) is 0. The van der Waals surface area contributed by atoms with E-state index in [0.717, 1.165) is 6.61 Å².